The Hall–Kier alpha value is -2.89. The van der Waals surface area contributed by atoms with E-state index >= 15 is 0 Å². The van der Waals surface area contributed by atoms with Crippen molar-refractivity contribution in [1.82, 2.24) is 9.55 Å². The second-order valence-corrected chi connectivity index (χ2v) is 4.65. The molecule has 0 fully saturated rings. The Kier molecular flexibility index (Phi) is 6.11. The number of rotatable bonds is 7. The Labute approximate surface area is 134 Å². The van der Waals surface area contributed by atoms with E-state index in [2.05, 4.69) is 4.98 Å². The van der Waals surface area contributed by atoms with Gasteiger partial charge < -0.3 is 14.0 Å². The highest BCUT2D eigenvalue weighted by atomic mass is 16.5. The first-order valence-electron chi connectivity index (χ1n) is 7.24. The topological polar surface area (TPSA) is 70.4 Å². The lowest BCUT2D eigenvalue weighted by atomic mass is 10.2. The number of hydrogen-bond acceptors (Lipinski definition) is 5. The van der Waals surface area contributed by atoms with Crippen LogP contribution in [0.2, 0.25) is 0 Å². The zero-order valence-electron chi connectivity index (χ0n) is 12.8. The average Bonchev–Trinajstić information content (AvgIpc) is 2.99. The fourth-order valence-electron chi connectivity index (χ4n) is 1.88. The summed E-state index contributed by atoms with van der Waals surface area (Å²) < 4.78 is 11.6. The number of aromatic nitrogens is 2. The molecule has 0 atom stereocenters. The maximum atomic E-state index is 11.7. The summed E-state index contributed by atoms with van der Waals surface area (Å²) in [5.41, 5.74) is 0.915. The number of ether oxygens (including phenoxy) is 2. The van der Waals surface area contributed by atoms with Crippen molar-refractivity contribution in [2.45, 2.75) is 20.1 Å². The first-order chi connectivity index (χ1) is 11.2. The summed E-state index contributed by atoms with van der Waals surface area (Å²) >= 11 is 0. The van der Waals surface area contributed by atoms with Gasteiger partial charge in [-0.3, -0.25) is 4.79 Å². The van der Waals surface area contributed by atoms with Crippen LogP contribution in [0.5, 0.6) is 0 Å². The van der Waals surface area contributed by atoms with Gasteiger partial charge in [0.25, 0.3) is 0 Å². The van der Waals surface area contributed by atoms with Crippen LogP contribution in [0.15, 0.2) is 48.8 Å². The fraction of sp³-hybridized carbons (Fsp3) is 0.235. The molecule has 0 radical (unpaired) electrons. The van der Waals surface area contributed by atoms with Crippen molar-refractivity contribution >= 4 is 18.0 Å². The lowest BCUT2D eigenvalue weighted by Gasteiger charge is -2.04. The Morgan fingerprint density at radius 1 is 1.22 bits per heavy atom. The minimum Gasteiger partial charge on any atom is -0.465 e. The third-order valence-corrected chi connectivity index (χ3v) is 2.94. The molecule has 0 amide bonds. The van der Waals surface area contributed by atoms with E-state index < -0.39 is 5.97 Å². The lowest BCUT2D eigenvalue weighted by Crippen LogP contribution is -2.13. The molecule has 2 rings (SSSR count). The van der Waals surface area contributed by atoms with Gasteiger partial charge in [0.1, 0.15) is 19.0 Å². The molecule has 1 heterocycles. The Balaban J connectivity index is 1.88. The summed E-state index contributed by atoms with van der Waals surface area (Å²) in [5, 5.41) is 0. The molecule has 0 unspecified atom stereocenters. The highest BCUT2D eigenvalue weighted by molar-refractivity contribution is 5.86. The maximum absolute atomic E-state index is 11.7. The van der Waals surface area contributed by atoms with Crippen molar-refractivity contribution in [1.29, 1.82) is 0 Å². The van der Waals surface area contributed by atoms with Gasteiger partial charge in [0.15, 0.2) is 0 Å². The predicted octanol–water partition coefficient (Wildman–Crippen LogP) is 2.20. The van der Waals surface area contributed by atoms with Crippen molar-refractivity contribution in [2.75, 3.05) is 6.61 Å². The van der Waals surface area contributed by atoms with Gasteiger partial charge >= 0.3 is 11.9 Å². The number of esters is 2. The van der Waals surface area contributed by atoms with Gasteiger partial charge in [-0.1, -0.05) is 30.3 Å². The minimum absolute atomic E-state index is 0.0482. The fourth-order valence-corrected chi connectivity index (χ4v) is 1.88. The van der Waals surface area contributed by atoms with E-state index in [1.54, 1.807) is 23.9 Å². The molecule has 6 nitrogen and oxygen atoms in total. The first kappa shape index (κ1) is 16.5. The Morgan fingerprint density at radius 3 is 2.74 bits per heavy atom. The molecule has 23 heavy (non-hydrogen) atoms. The van der Waals surface area contributed by atoms with Crippen molar-refractivity contribution in [3.63, 3.8) is 0 Å². The molecule has 0 saturated heterocycles. The summed E-state index contributed by atoms with van der Waals surface area (Å²) in [7, 11) is 0. The third kappa shape index (κ3) is 5.43. The molecule has 0 N–H and O–H groups in total. The van der Waals surface area contributed by atoms with Crippen molar-refractivity contribution in [2.24, 2.45) is 0 Å². The smallest absolute Gasteiger partial charge is 0.331 e. The van der Waals surface area contributed by atoms with Crippen LogP contribution in [-0.2, 0) is 32.2 Å². The standard InChI is InChI=1S/C17H18N2O4/c1-2-22-17(21)12-19-11-10-18-15(19)8-9-16(20)23-13-14-6-4-3-5-7-14/h3-11H,2,12-13H2,1H3/b9-8+. The third-order valence-electron chi connectivity index (χ3n) is 2.94. The zero-order valence-corrected chi connectivity index (χ0v) is 12.8. The molecule has 0 bridgehead atoms. The van der Waals surface area contributed by atoms with Crippen LogP contribution in [0.3, 0.4) is 0 Å². The maximum Gasteiger partial charge on any atom is 0.331 e. The second-order valence-electron chi connectivity index (χ2n) is 4.65. The van der Waals surface area contributed by atoms with Crippen LogP contribution in [0.4, 0.5) is 0 Å². The SMILES string of the molecule is CCOC(=O)Cn1ccnc1/C=C/C(=O)OCc1ccccc1. The average molecular weight is 314 g/mol. The van der Waals surface area contributed by atoms with E-state index in [4.69, 9.17) is 9.47 Å². The van der Waals surface area contributed by atoms with Gasteiger partial charge in [0.2, 0.25) is 0 Å². The number of hydrogen-bond donors (Lipinski definition) is 0. The summed E-state index contributed by atoms with van der Waals surface area (Å²) in [6.07, 6.45) is 5.99. The van der Waals surface area contributed by atoms with Gasteiger partial charge in [-0.05, 0) is 18.6 Å². The van der Waals surface area contributed by atoms with Gasteiger partial charge in [-0.2, -0.15) is 0 Å². The normalized spacial score (nSPS) is 10.7. The predicted molar refractivity (Wildman–Crippen MR) is 84.1 cm³/mol. The molecule has 0 aliphatic carbocycles. The number of benzene rings is 1. The molecular weight excluding hydrogens is 296 g/mol. The van der Waals surface area contributed by atoms with Crippen LogP contribution < -0.4 is 0 Å². The van der Waals surface area contributed by atoms with Gasteiger partial charge in [0, 0.05) is 18.5 Å². The second kappa shape index (κ2) is 8.53. The lowest BCUT2D eigenvalue weighted by molar-refractivity contribution is -0.143. The molecular formula is C17H18N2O4. The molecule has 0 aliphatic heterocycles. The molecule has 6 heteroatoms. The number of imidazole rings is 1. The highest BCUT2D eigenvalue weighted by Gasteiger charge is 2.07. The summed E-state index contributed by atoms with van der Waals surface area (Å²) in [5.74, 6) is -0.346. The summed E-state index contributed by atoms with van der Waals surface area (Å²) in [6, 6.07) is 9.41. The molecule has 0 aliphatic rings. The van der Waals surface area contributed by atoms with Crippen LogP contribution in [-0.4, -0.2) is 28.1 Å². The molecule has 2 aromatic rings. The number of nitrogens with zero attached hydrogens (tertiary/aromatic N) is 2. The van der Waals surface area contributed by atoms with E-state index in [0.717, 1.165) is 5.56 Å². The van der Waals surface area contributed by atoms with Crippen molar-refractivity contribution in [3.8, 4) is 0 Å². The molecule has 0 saturated carbocycles. The van der Waals surface area contributed by atoms with Crippen LogP contribution in [0.25, 0.3) is 6.08 Å². The Morgan fingerprint density at radius 2 is 2.00 bits per heavy atom. The van der Waals surface area contributed by atoms with Gasteiger partial charge in [0.05, 0.1) is 6.61 Å². The molecule has 0 spiro atoms. The van der Waals surface area contributed by atoms with Crippen LogP contribution in [0, 0.1) is 0 Å². The van der Waals surface area contributed by atoms with E-state index in [9.17, 15) is 9.59 Å². The minimum atomic E-state index is -0.473. The quantitative estimate of drug-likeness (QED) is 0.579. The summed E-state index contributed by atoms with van der Waals surface area (Å²) in [4.78, 5) is 27.3. The molecule has 1 aromatic carbocycles. The van der Waals surface area contributed by atoms with Crippen molar-refractivity contribution < 1.29 is 19.1 Å². The first-order valence-corrected chi connectivity index (χ1v) is 7.24. The van der Waals surface area contributed by atoms with E-state index in [-0.39, 0.29) is 19.1 Å². The van der Waals surface area contributed by atoms with Crippen molar-refractivity contribution in [3.05, 3.63) is 60.2 Å². The highest BCUT2D eigenvalue weighted by Crippen LogP contribution is 2.04. The monoisotopic (exact) mass is 314 g/mol. The molecule has 120 valence electrons. The largest absolute Gasteiger partial charge is 0.465 e. The Bertz CT molecular complexity index is 677. The zero-order chi connectivity index (χ0) is 16.5. The van der Waals surface area contributed by atoms with Crippen LogP contribution >= 0.6 is 0 Å². The van der Waals surface area contributed by atoms with E-state index in [0.29, 0.717) is 12.4 Å². The molecule has 1 aromatic heterocycles. The van der Waals surface area contributed by atoms with Gasteiger partial charge in [-0.15, -0.1) is 0 Å². The van der Waals surface area contributed by atoms with Crippen LogP contribution in [0.1, 0.15) is 18.3 Å². The number of carbonyl (C=O) groups is 2. The van der Waals surface area contributed by atoms with E-state index in [1.165, 1.54) is 12.2 Å². The van der Waals surface area contributed by atoms with E-state index in [1.807, 2.05) is 30.3 Å². The summed E-state index contributed by atoms with van der Waals surface area (Å²) in [6.45, 7) is 2.33. The van der Waals surface area contributed by atoms with Gasteiger partial charge in [-0.25, -0.2) is 9.78 Å². The number of carbonyl (C=O) groups excluding carboxylic acids is 2.